The topological polar surface area (TPSA) is 52.0 Å². The second-order valence-electron chi connectivity index (χ2n) is 1.92. The van der Waals surface area contributed by atoms with Crippen molar-refractivity contribution >= 4 is 0 Å². The predicted octanol–water partition coefficient (Wildman–Crippen LogP) is -0.0700. The normalized spacial score (nSPS) is 14.1. The first-order valence-corrected chi connectivity index (χ1v) is 2.71. The molecule has 0 saturated carbocycles. The number of hydrogen-bond donors (Lipinski definition) is 2. The van der Waals surface area contributed by atoms with Crippen molar-refractivity contribution in [2.24, 2.45) is 17.4 Å². The van der Waals surface area contributed by atoms with E-state index in [4.69, 9.17) is 11.5 Å². The molecule has 0 heterocycles. The van der Waals surface area contributed by atoms with Crippen molar-refractivity contribution in [2.45, 2.75) is 13.3 Å². The summed E-state index contributed by atoms with van der Waals surface area (Å²) in [6.45, 7) is 3.63. The summed E-state index contributed by atoms with van der Waals surface area (Å²) in [5, 5.41) is 0. The van der Waals surface area contributed by atoms with E-state index in [-0.39, 0.29) is 0 Å². The van der Waals surface area contributed by atoms with Gasteiger partial charge in [-0.3, -0.25) is 0 Å². The Kier molecular flexibility index (Phi) is 4.04. The molecular formula is C5H14N2. The van der Waals surface area contributed by atoms with Crippen molar-refractivity contribution in [3.8, 4) is 0 Å². The molecule has 0 fully saturated rings. The number of hydrogen-bond acceptors (Lipinski definition) is 2. The molecule has 0 aromatic heterocycles. The van der Waals surface area contributed by atoms with E-state index in [1.54, 1.807) is 0 Å². The molecule has 1 atom stereocenters. The minimum absolute atomic E-state index is 0.602. The van der Waals surface area contributed by atoms with Gasteiger partial charge in [-0.2, -0.15) is 0 Å². The summed E-state index contributed by atoms with van der Waals surface area (Å²) in [5.74, 6) is 0.602. The minimum Gasteiger partial charge on any atom is -0.330 e. The molecule has 0 aromatic carbocycles. The Labute approximate surface area is 44.9 Å². The van der Waals surface area contributed by atoms with Crippen molar-refractivity contribution in [3.63, 3.8) is 0 Å². The van der Waals surface area contributed by atoms with Gasteiger partial charge in [0.05, 0.1) is 0 Å². The summed E-state index contributed by atoms with van der Waals surface area (Å²) >= 11 is 0. The second-order valence-corrected chi connectivity index (χ2v) is 1.92. The molecule has 44 valence electrons. The third kappa shape index (κ3) is 3.76. The molecule has 0 bridgehead atoms. The molecule has 2 heteroatoms. The lowest BCUT2D eigenvalue weighted by Gasteiger charge is -2.02. The highest BCUT2D eigenvalue weighted by atomic mass is 15.2. The highest BCUT2D eigenvalue weighted by Crippen LogP contribution is 1.93. The fraction of sp³-hybridized carbons (Fsp3) is 1.00. The van der Waals surface area contributed by atoms with Gasteiger partial charge in [0, 0.05) is 0 Å². The van der Waals surface area contributed by atoms with Crippen LogP contribution in [0.1, 0.15) is 13.3 Å². The lowest BCUT2D eigenvalue weighted by molar-refractivity contribution is 0.553. The molecule has 0 saturated heterocycles. The SMILES string of the molecule is C[C@@H](CN)C[14CH2]N. The van der Waals surface area contributed by atoms with Crippen LogP contribution in [0, 0.1) is 5.92 Å². The smallest absolute Gasteiger partial charge is 0.00510 e. The lowest BCUT2D eigenvalue weighted by Crippen LogP contribution is -2.14. The van der Waals surface area contributed by atoms with Gasteiger partial charge in [-0.25, -0.2) is 0 Å². The van der Waals surface area contributed by atoms with Crippen LogP contribution >= 0.6 is 0 Å². The van der Waals surface area contributed by atoms with Crippen LogP contribution in [-0.4, -0.2) is 13.1 Å². The Morgan fingerprint density at radius 3 is 2.43 bits per heavy atom. The van der Waals surface area contributed by atoms with Crippen LogP contribution in [-0.2, 0) is 0 Å². The van der Waals surface area contributed by atoms with Gasteiger partial charge < -0.3 is 11.5 Å². The van der Waals surface area contributed by atoms with Gasteiger partial charge in [0.25, 0.3) is 0 Å². The molecule has 0 amide bonds. The largest absolute Gasteiger partial charge is 0.330 e. The maximum Gasteiger partial charge on any atom is -0.00510 e. The summed E-state index contributed by atoms with van der Waals surface area (Å²) < 4.78 is 0. The molecular weight excluding hydrogens is 90.1 g/mol. The average Bonchev–Trinajstić information content (AvgIpc) is 1.68. The first-order chi connectivity index (χ1) is 3.31. The third-order valence-electron chi connectivity index (χ3n) is 1.06. The summed E-state index contributed by atoms with van der Waals surface area (Å²) in [6, 6.07) is 0. The molecule has 2 nitrogen and oxygen atoms in total. The molecule has 0 aromatic rings. The Morgan fingerprint density at radius 2 is 2.29 bits per heavy atom. The maximum atomic E-state index is 5.30. The molecule has 4 N–H and O–H groups in total. The van der Waals surface area contributed by atoms with Crippen molar-refractivity contribution in [2.75, 3.05) is 13.1 Å². The van der Waals surface area contributed by atoms with Gasteiger partial charge in [0.15, 0.2) is 0 Å². The van der Waals surface area contributed by atoms with Gasteiger partial charge in [-0.1, -0.05) is 6.92 Å². The van der Waals surface area contributed by atoms with Gasteiger partial charge in [0.1, 0.15) is 0 Å². The highest BCUT2D eigenvalue weighted by Gasteiger charge is 1.93. The standard InChI is InChI=1S/C5H14N2/c1-5(4-7)2-3-6/h5H,2-4,6-7H2,1H3/t5-/m1/s1/i3+2. The van der Waals surface area contributed by atoms with Crippen molar-refractivity contribution in [1.29, 1.82) is 0 Å². The molecule has 0 spiro atoms. The van der Waals surface area contributed by atoms with Gasteiger partial charge >= 0.3 is 0 Å². The zero-order valence-electron chi connectivity index (χ0n) is 4.85. The fourth-order valence-corrected chi connectivity index (χ4v) is 0.402. The van der Waals surface area contributed by atoms with Crippen molar-refractivity contribution < 1.29 is 0 Å². The maximum absolute atomic E-state index is 5.30. The predicted molar refractivity (Wildman–Crippen MR) is 31.9 cm³/mol. The minimum atomic E-state index is 0.602. The summed E-state index contributed by atoms with van der Waals surface area (Å²) in [6.07, 6.45) is 1.05. The molecule has 0 unspecified atom stereocenters. The number of nitrogens with two attached hydrogens (primary N) is 2. The zero-order chi connectivity index (χ0) is 5.70. The lowest BCUT2D eigenvalue weighted by atomic mass is 10.2. The summed E-state index contributed by atoms with van der Waals surface area (Å²) in [4.78, 5) is 0. The van der Waals surface area contributed by atoms with Crippen LogP contribution in [0.25, 0.3) is 0 Å². The van der Waals surface area contributed by atoms with E-state index in [1.165, 1.54) is 0 Å². The average molecular weight is 104 g/mol. The van der Waals surface area contributed by atoms with E-state index in [9.17, 15) is 0 Å². The fourth-order valence-electron chi connectivity index (χ4n) is 0.402. The summed E-state index contributed by atoms with van der Waals surface area (Å²) in [7, 11) is 0. The first kappa shape index (κ1) is 6.92. The monoisotopic (exact) mass is 104 g/mol. The van der Waals surface area contributed by atoms with E-state index < -0.39 is 0 Å². The third-order valence-corrected chi connectivity index (χ3v) is 1.06. The second kappa shape index (κ2) is 4.09. The first-order valence-electron chi connectivity index (χ1n) is 2.71. The molecule has 0 aliphatic heterocycles. The van der Waals surface area contributed by atoms with Crippen molar-refractivity contribution in [3.05, 3.63) is 0 Å². The van der Waals surface area contributed by atoms with E-state index in [1.807, 2.05) is 0 Å². The van der Waals surface area contributed by atoms with Crippen LogP contribution in [0.2, 0.25) is 0 Å². The molecule has 0 aliphatic carbocycles. The highest BCUT2D eigenvalue weighted by molar-refractivity contribution is 4.51. The molecule has 7 heavy (non-hydrogen) atoms. The quantitative estimate of drug-likeness (QED) is 0.526. The molecule has 0 rings (SSSR count). The molecule has 0 aliphatic rings. The van der Waals surface area contributed by atoms with Crippen LogP contribution < -0.4 is 11.5 Å². The Morgan fingerprint density at radius 1 is 1.71 bits per heavy atom. The zero-order valence-corrected chi connectivity index (χ0v) is 4.85. The van der Waals surface area contributed by atoms with Crippen LogP contribution in [0.5, 0.6) is 0 Å². The Bertz CT molecular complexity index is 37.1. The van der Waals surface area contributed by atoms with Crippen molar-refractivity contribution in [1.82, 2.24) is 0 Å². The van der Waals surface area contributed by atoms with Gasteiger partial charge in [-0.05, 0) is 25.4 Å². The molecule has 0 radical (unpaired) electrons. The van der Waals surface area contributed by atoms with E-state index in [2.05, 4.69) is 6.92 Å². The Balaban J connectivity index is 2.83. The van der Waals surface area contributed by atoms with E-state index in [0.29, 0.717) is 5.92 Å². The van der Waals surface area contributed by atoms with Gasteiger partial charge in [-0.15, -0.1) is 0 Å². The number of rotatable bonds is 3. The van der Waals surface area contributed by atoms with Crippen LogP contribution in [0.15, 0.2) is 0 Å². The van der Waals surface area contributed by atoms with Crippen LogP contribution in [0.4, 0.5) is 0 Å². The van der Waals surface area contributed by atoms with E-state index in [0.717, 1.165) is 19.5 Å². The Hall–Kier alpha value is -0.0800. The van der Waals surface area contributed by atoms with Gasteiger partial charge in [0.2, 0.25) is 0 Å². The van der Waals surface area contributed by atoms with E-state index >= 15 is 0 Å². The summed E-state index contributed by atoms with van der Waals surface area (Å²) in [5.41, 5.74) is 10.6. The van der Waals surface area contributed by atoms with Crippen LogP contribution in [0.3, 0.4) is 0 Å².